The zero-order valence-electron chi connectivity index (χ0n) is 8.42. The molecule has 0 N–H and O–H groups in total. The summed E-state index contributed by atoms with van der Waals surface area (Å²) in [5.41, 5.74) is 0.590. The molecule has 3 nitrogen and oxygen atoms in total. The zero-order valence-corrected chi connectivity index (χ0v) is 10.8. The van der Waals surface area contributed by atoms with Crippen molar-refractivity contribution in [2.75, 3.05) is 6.61 Å². The van der Waals surface area contributed by atoms with E-state index in [9.17, 15) is 4.79 Å². The van der Waals surface area contributed by atoms with Crippen LogP contribution in [0.15, 0.2) is 27.1 Å². The Balaban J connectivity index is 2.51. The smallest absolute Gasteiger partial charge is 0.374 e. The van der Waals surface area contributed by atoms with Crippen LogP contribution in [-0.2, 0) is 4.74 Å². The number of furan rings is 1. The lowest BCUT2D eigenvalue weighted by Gasteiger charge is -1.96. The van der Waals surface area contributed by atoms with Gasteiger partial charge in [-0.3, -0.25) is 0 Å². The van der Waals surface area contributed by atoms with Gasteiger partial charge in [-0.1, -0.05) is 11.6 Å². The highest BCUT2D eigenvalue weighted by atomic mass is 79.9. The Kier molecular flexibility index (Phi) is 3.21. The Hall–Kier alpha value is -1.00. The van der Waals surface area contributed by atoms with Crippen molar-refractivity contribution in [3.63, 3.8) is 0 Å². The van der Waals surface area contributed by atoms with E-state index in [0.717, 1.165) is 5.39 Å². The van der Waals surface area contributed by atoms with Gasteiger partial charge < -0.3 is 9.15 Å². The lowest BCUT2D eigenvalue weighted by atomic mass is 10.2. The molecule has 0 saturated heterocycles. The second-order valence-corrected chi connectivity index (χ2v) is 4.43. The van der Waals surface area contributed by atoms with Crippen molar-refractivity contribution in [2.45, 2.75) is 6.92 Å². The zero-order chi connectivity index (χ0) is 11.7. The fourth-order valence-electron chi connectivity index (χ4n) is 1.38. The second-order valence-electron chi connectivity index (χ2n) is 3.14. The molecule has 0 amide bonds. The number of hydrogen-bond donors (Lipinski definition) is 0. The molecular weight excluding hydrogens is 295 g/mol. The predicted octanol–water partition coefficient (Wildman–Crippen LogP) is 4.03. The van der Waals surface area contributed by atoms with Gasteiger partial charge in [-0.25, -0.2) is 4.79 Å². The highest BCUT2D eigenvalue weighted by Gasteiger charge is 2.15. The van der Waals surface area contributed by atoms with E-state index in [-0.39, 0.29) is 5.76 Å². The van der Waals surface area contributed by atoms with Gasteiger partial charge in [0.05, 0.1) is 11.1 Å². The van der Waals surface area contributed by atoms with Gasteiger partial charge in [-0.05, 0) is 41.1 Å². The molecule has 0 fully saturated rings. The fraction of sp³-hybridized carbons (Fsp3) is 0.182. The van der Waals surface area contributed by atoms with Crippen molar-refractivity contribution >= 4 is 44.5 Å². The molecule has 0 saturated carbocycles. The maximum absolute atomic E-state index is 11.4. The van der Waals surface area contributed by atoms with Crippen LogP contribution in [0.3, 0.4) is 0 Å². The lowest BCUT2D eigenvalue weighted by molar-refractivity contribution is 0.0492. The van der Waals surface area contributed by atoms with E-state index >= 15 is 0 Å². The summed E-state index contributed by atoms with van der Waals surface area (Å²) in [7, 11) is 0. The molecule has 0 aliphatic carbocycles. The molecule has 5 heteroatoms. The quantitative estimate of drug-likeness (QED) is 0.786. The summed E-state index contributed by atoms with van der Waals surface area (Å²) in [6.45, 7) is 2.06. The molecular formula is C11H8BrClO3. The molecule has 0 spiro atoms. The first kappa shape index (κ1) is 11.5. The number of carbonyl (C=O) groups is 1. The molecule has 2 rings (SSSR count). The standard InChI is InChI=1S/C11H8BrClO3/c1-2-15-11(14)9-4-6-3-7(13)5-8(12)10(6)16-9/h3-5H,2H2,1H3. The summed E-state index contributed by atoms with van der Waals surface area (Å²) in [5, 5.41) is 1.35. The van der Waals surface area contributed by atoms with Crippen LogP contribution < -0.4 is 0 Å². The van der Waals surface area contributed by atoms with Crippen LogP contribution >= 0.6 is 27.5 Å². The van der Waals surface area contributed by atoms with Crippen LogP contribution in [0.25, 0.3) is 11.0 Å². The molecule has 0 aliphatic rings. The van der Waals surface area contributed by atoms with E-state index in [2.05, 4.69) is 15.9 Å². The van der Waals surface area contributed by atoms with E-state index in [4.69, 9.17) is 20.8 Å². The van der Waals surface area contributed by atoms with Gasteiger partial charge in [0.2, 0.25) is 5.76 Å². The topological polar surface area (TPSA) is 39.4 Å². The van der Waals surface area contributed by atoms with Crippen LogP contribution in [0.4, 0.5) is 0 Å². The lowest BCUT2D eigenvalue weighted by Crippen LogP contribution is -2.02. The molecule has 0 aliphatic heterocycles. The van der Waals surface area contributed by atoms with Crippen molar-refractivity contribution in [1.29, 1.82) is 0 Å². The Bertz CT molecular complexity index is 547. The molecule has 0 radical (unpaired) electrons. The minimum atomic E-state index is -0.471. The Morgan fingerprint density at radius 1 is 1.50 bits per heavy atom. The molecule has 1 aromatic carbocycles. The monoisotopic (exact) mass is 302 g/mol. The van der Waals surface area contributed by atoms with Crippen molar-refractivity contribution in [3.05, 3.63) is 33.5 Å². The summed E-state index contributed by atoms with van der Waals surface area (Å²) in [6.07, 6.45) is 0. The first-order chi connectivity index (χ1) is 7.61. The largest absolute Gasteiger partial charge is 0.460 e. The van der Waals surface area contributed by atoms with Crippen molar-refractivity contribution in [3.8, 4) is 0 Å². The van der Waals surface area contributed by atoms with Crippen molar-refractivity contribution in [1.82, 2.24) is 0 Å². The maximum Gasteiger partial charge on any atom is 0.374 e. The van der Waals surface area contributed by atoms with Gasteiger partial charge in [0.1, 0.15) is 5.58 Å². The Morgan fingerprint density at radius 3 is 2.94 bits per heavy atom. The van der Waals surface area contributed by atoms with Gasteiger partial charge in [0.25, 0.3) is 0 Å². The van der Waals surface area contributed by atoms with Crippen LogP contribution in [0.5, 0.6) is 0 Å². The third kappa shape index (κ3) is 2.08. The number of carbonyl (C=O) groups excluding carboxylic acids is 1. The maximum atomic E-state index is 11.4. The van der Waals surface area contributed by atoms with E-state index in [1.165, 1.54) is 0 Å². The van der Waals surface area contributed by atoms with Crippen LogP contribution in [-0.4, -0.2) is 12.6 Å². The Morgan fingerprint density at radius 2 is 2.25 bits per heavy atom. The third-order valence-corrected chi connectivity index (χ3v) is 2.82. The van der Waals surface area contributed by atoms with Crippen LogP contribution in [0.1, 0.15) is 17.5 Å². The number of fused-ring (bicyclic) bond motifs is 1. The normalized spacial score (nSPS) is 10.7. The fourth-order valence-corrected chi connectivity index (χ4v) is 2.29. The van der Waals surface area contributed by atoms with Crippen molar-refractivity contribution < 1.29 is 13.9 Å². The summed E-state index contributed by atoms with van der Waals surface area (Å²) in [6, 6.07) is 5.06. The number of rotatable bonds is 2. The molecule has 0 unspecified atom stereocenters. The molecule has 1 aromatic heterocycles. The van der Waals surface area contributed by atoms with Gasteiger partial charge in [-0.2, -0.15) is 0 Å². The molecule has 84 valence electrons. The first-order valence-corrected chi connectivity index (χ1v) is 5.84. The SMILES string of the molecule is CCOC(=O)c1cc2cc(Cl)cc(Br)c2o1. The molecule has 2 aromatic rings. The first-order valence-electron chi connectivity index (χ1n) is 4.67. The van der Waals surface area contributed by atoms with E-state index in [1.807, 2.05) is 0 Å². The van der Waals surface area contributed by atoms with E-state index in [1.54, 1.807) is 25.1 Å². The summed E-state index contributed by atoms with van der Waals surface area (Å²) < 4.78 is 10.9. The van der Waals surface area contributed by atoms with Gasteiger partial charge in [0.15, 0.2) is 0 Å². The minimum absolute atomic E-state index is 0.180. The van der Waals surface area contributed by atoms with Crippen molar-refractivity contribution in [2.24, 2.45) is 0 Å². The number of halogens is 2. The average molecular weight is 304 g/mol. The number of hydrogen-bond acceptors (Lipinski definition) is 3. The molecule has 16 heavy (non-hydrogen) atoms. The number of esters is 1. The number of ether oxygens (including phenoxy) is 1. The highest BCUT2D eigenvalue weighted by Crippen LogP contribution is 2.30. The minimum Gasteiger partial charge on any atom is -0.460 e. The summed E-state index contributed by atoms with van der Waals surface area (Å²) in [4.78, 5) is 11.4. The molecule has 0 bridgehead atoms. The van der Waals surface area contributed by atoms with Gasteiger partial charge in [-0.15, -0.1) is 0 Å². The van der Waals surface area contributed by atoms with Crippen LogP contribution in [0, 0.1) is 0 Å². The predicted molar refractivity (Wildman–Crippen MR) is 64.9 cm³/mol. The van der Waals surface area contributed by atoms with E-state index < -0.39 is 5.97 Å². The average Bonchev–Trinajstić information content (AvgIpc) is 2.62. The Labute approximate surface area is 105 Å². The highest BCUT2D eigenvalue weighted by molar-refractivity contribution is 9.10. The molecule has 0 atom stereocenters. The van der Waals surface area contributed by atoms with Crippen LogP contribution in [0.2, 0.25) is 5.02 Å². The number of benzene rings is 1. The molecule has 1 heterocycles. The van der Waals surface area contributed by atoms with Gasteiger partial charge >= 0.3 is 5.97 Å². The third-order valence-electron chi connectivity index (χ3n) is 2.01. The second kappa shape index (κ2) is 4.47. The van der Waals surface area contributed by atoms with E-state index in [0.29, 0.717) is 21.7 Å². The van der Waals surface area contributed by atoms with Gasteiger partial charge in [0, 0.05) is 10.4 Å². The summed E-state index contributed by atoms with van der Waals surface area (Å²) >= 11 is 9.20. The summed E-state index contributed by atoms with van der Waals surface area (Å²) in [5.74, 6) is -0.290.